The molecule has 4 heteroatoms. The molecule has 0 heterocycles. The molecule has 1 aromatic rings. The summed E-state index contributed by atoms with van der Waals surface area (Å²) in [5, 5.41) is 0. The normalized spacial score (nSPS) is 20.1. The van der Waals surface area contributed by atoms with E-state index in [0.717, 1.165) is 10.4 Å². The van der Waals surface area contributed by atoms with E-state index in [2.05, 4.69) is 22.0 Å². The first-order valence-corrected chi connectivity index (χ1v) is 14.9. The average molecular weight is 354 g/mol. The zero-order valence-electron chi connectivity index (χ0n) is 11.0. The zero-order chi connectivity index (χ0) is 13.4. The Morgan fingerprint density at radius 1 is 1.11 bits per heavy atom. The molecule has 0 N–H and O–H groups in total. The number of hydrogen-bond donors (Lipinski definition) is 0. The molecule has 0 fully saturated rings. The third kappa shape index (κ3) is 2.56. The van der Waals surface area contributed by atoms with Gasteiger partial charge in [0.1, 0.15) is 0 Å². The molecule has 0 radical (unpaired) electrons. The van der Waals surface area contributed by atoms with Crippen molar-refractivity contribution in [1.29, 1.82) is 0 Å². The standard InChI is InChI=1S/C6H7BF2.C6H5.2CH3.Sn/c1-7(8,9)6-4-2-3-5-6;1-2-4-6-5-3-1;;;/h2-4,6H,1H3;1-5H;2*1H3;/q-1;;;;. The van der Waals surface area contributed by atoms with Crippen LogP contribution in [0.2, 0.25) is 22.5 Å². The molecule has 1 unspecified atom stereocenters. The molecule has 0 aromatic heterocycles. The van der Waals surface area contributed by atoms with Crippen LogP contribution < -0.4 is 3.58 Å². The molecule has 1 aliphatic carbocycles. The van der Waals surface area contributed by atoms with Crippen LogP contribution in [0, 0.1) is 0 Å². The van der Waals surface area contributed by atoms with Crippen molar-refractivity contribution in [2.75, 3.05) is 0 Å². The van der Waals surface area contributed by atoms with Gasteiger partial charge in [-0.2, -0.15) is 0 Å². The van der Waals surface area contributed by atoms with Crippen LogP contribution in [-0.4, -0.2) is 25.1 Å². The van der Waals surface area contributed by atoms with Crippen LogP contribution in [0.3, 0.4) is 0 Å². The van der Waals surface area contributed by atoms with Crippen molar-refractivity contribution in [2.45, 2.75) is 22.5 Å². The van der Waals surface area contributed by atoms with E-state index < -0.39 is 30.9 Å². The molecule has 1 atom stereocenters. The van der Waals surface area contributed by atoms with Gasteiger partial charge in [-0.15, -0.1) is 0 Å². The Balaban J connectivity index is 2.38. The van der Waals surface area contributed by atoms with Gasteiger partial charge in [-0.3, -0.25) is 0 Å². The van der Waals surface area contributed by atoms with E-state index in [1.807, 2.05) is 24.3 Å². The van der Waals surface area contributed by atoms with Gasteiger partial charge in [0.05, 0.1) is 0 Å². The molecule has 0 aliphatic heterocycles. The Labute approximate surface area is 112 Å². The summed E-state index contributed by atoms with van der Waals surface area (Å²) in [7, 11) is 0. The SMILES string of the molecule is C[B-](F)(F)C1C=CC=[C]1[Sn]([CH3])([CH3])[c]1ccccc1. The number of halogens is 2. The van der Waals surface area contributed by atoms with E-state index >= 15 is 0 Å². The molecule has 18 heavy (non-hydrogen) atoms. The molecule has 1 aromatic carbocycles. The first-order valence-electron chi connectivity index (χ1n) is 6.34. The van der Waals surface area contributed by atoms with Crippen molar-refractivity contribution in [2.24, 2.45) is 0 Å². The molecule has 2 rings (SSSR count). The minimum absolute atomic E-state index is 0.643. The van der Waals surface area contributed by atoms with Gasteiger partial charge in [0.25, 0.3) is 0 Å². The van der Waals surface area contributed by atoms with E-state index in [1.54, 1.807) is 12.2 Å². The molecular weight excluding hydrogens is 336 g/mol. The van der Waals surface area contributed by atoms with Crippen LogP contribution >= 0.6 is 0 Å². The first kappa shape index (κ1) is 13.8. The van der Waals surface area contributed by atoms with Gasteiger partial charge in [0.15, 0.2) is 0 Å². The maximum atomic E-state index is 13.7. The Morgan fingerprint density at radius 3 is 2.28 bits per heavy atom. The monoisotopic (exact) mass is 355 g/mol. The first-order chi connectivity index (χ1) is 8.33. The molecule has 96 valence electrons. The van der Waals surface area contributed by atoms with E-state index in [-0.39, 0.29) is 0 Å². The van der Waals surface area contributed by atoms with Crippen LogP contribution in [-0.2, 0) is 0 Å². The minimum atomic E-state index is -3.33. The summed E-state index contributed by atoms with van der Waals surface area (Å²) in [6.45, 7) is -2.24. The van der Waals surface area contributed by atoms with Gasteiger partial charge in [0.2, 0.25) is 0 Å². The molecule has 0 nitrogen and oxygen atoms in total. The van der Waals surface area contributed by atoms with Gasteiger partial charge < -0.3 is 0 Å². The molecule has 0 saturated carbocycles. The van der Waals surface area contributed by atoms with Gasteiger partial charge >= 0.3 is 112 Å². The van der Waals surface area contributed by atoms with Crippen LogP contribution in [0.1, 0.15) is 0 Å². The fraction of sp³-hybridized carbons (Fsp3) is 0.286. The Morgan fingerprint density at radius 2 is 1.72 bits per heavy atom. The van der Waals surface area contributed by atoms with Crippen molar-refractivity contribution in [3.8, 4) is 0 Å². The summed E-state index contributed by atoms with van der Waals surface area (Å²) in [5.74, 6) is -0.643. The van der Waals surface area contributed by atoms with Crippen LogP contribution in [0.4, 0.5) is 8.63 Å². The fourth-order valence-corrected chi connectivity index (χ4v) is 11.5. The molecular formula is C14H18BF2Sn-. The van der Waals surface area contributed by atoms with Crippen LogP contribution in [0.5, 0.6) is 0 Å². The Kier molecular flexibility index (Phi) is 3.72. The summed E-state index contributed by atoms with van der Waals surface area (Å²) in [6.07, 6.45) is 5.42. The van der Waals surface area contributed by atoms with Gasteiger partial charge in [-0.1, -0.05) is 0 Å². The topological polar surface area (TPSA) is 0 Å². The van der Waals surface area contributed by atoms with E-state index in [1.165, 1.54) is 3.58 Å². The van der Waals surface area contributed by atoms with E-state index in [4.69, 9.17) is 0 Å². The molecule has 0 bridgehead atoms. The van der Waals surface area contributed by atoms with Crippen LogP contribution in [0.25, 0.3) is 0 Å². The van der Waals surface area contributed by atoms with Crippen molar-refractivity contribution in [3.63, 3.8) is 0 Å². The molecule has 1 aliphatic rings. The third-order valence-corrected chi connectivity index (χ3v) is 14.4. The van der Waals surface area contributed by atoms with Crippen molar-refractivity contribution < 1.29 is 8.63 Å². The Bertz CT molecular complexity index is 486. The second kappa shape index (κ2) is 4.84. The van der Waals surface area contributed by atoms with E-state index in [9.17, 15) is 8.63 Å². The second-order valence-electron chi connectivity index (χ2n) is 5.63. The summed E-state index contributed by atoms with van der Waals surface area (Å²) in [6, 6.07) is 10.2. The average Bonchev–Trinajstić information content (AvgIpc) is 2.79. The number of rotatable bonds is 3. The second-order valence-corrected chi connectivity index (χ2v) is 18.2. The maximum absolute atomic E-state index is 13.7. The van der Waals surface area contributed by atoms with Crippen molar-refractivity contribution in [3.05, 3.63) is 52.1 Å². The van der Waals surface area contributed by atoms with Crippen molar-refractivity contribution in [1.82, 2.24) is 0 Å². The summed E-state index contributed by atoms with van der Waals surface area (Å²) < 4.78 is 29.8. The number of benzene rings is 1. The van der Waals surface area contributed by atoms with E-state index in [0.29, 0.717) is 0 Å². The van der Waals surface area contributed by atoms with Gasteiger partial charge in [-0.25, -0.2) is 0 Å². The molecule has 0 spiro atoms. The number of allylic oxidation sites excluding steroid dienone is 4. The van der Waals surface area contributed by atoms with Gasteiger partial charge in [0, 0.05) is 0 Å². The zero-order valence-corrected chi connectivity index (χ0v) is 13.9. The van der Waals surface area contributed by atoms with Crippen molar-refractivity contribution >= 4 is 28.7 Å². The third-order valence-electron chi connectivity index (χ3n) is 3.80. The quantitative estimate of drug-likeness (QED) is 0.720. The predicted octanol–water partition coefficient (Wildman–Crippen LogP) is 4.02. The molecule has 0 saturated heterocycles. The number of hydrogen-bond acceptors (Lipinski definition) is 0. The fourth-order valence-electron chi connectivity index (χ4n) is 2.65. The summed E-state index contributed by atoms with van der Waals surface area (Å²) in [5.41, 5.74) is 0. The Hall–Kier alpha value is -0.576. The molecule has 0 amide bonds. The summed E-state index contributed by atoms with van der Waals surface area (Å²) >= 11 is -2.81. The summed E-state index contributed by atoms with van der Waals surface area (Å²) in [4.78, 5) is 4.44. The van der Waals surface area contributed by atoms with Crippen LogP contribution in [0.15, 0.2) is 52.1 Å². The van der Waals surface area contributed by atoms with Gasteiger partial charge in [-0.05, 0) is 0 Å². The predicted molar refractivity (Wildman–Crippen MR) is 78.4 cm³/mol.